The minimum absolute atomic E-state index is 0.0382. The second-order valence-electron chi connectivity index (χ2n) is 4.07. The monoisotopic (exact) mass is 222 g/mol. The molecular formula is C10H14N4O2. The number of nitrogens with zero attached hydrogens (tertiary/aromatic N) is 1. The Hall–Kier alpha value is -1.69. The molecule has 16 heavy (non-hydrogen) atoms. The van der Waals surface area contributed by atoms with Crippen molar-refractivity contribution < 1.29 is 4.79 Å². The number of hydrogen-bond acceptors (Lipinski definition) is 4. The SMILES string of the molecule is NC1CCC(C(=O)Nc2ccc(=O)[nH]n2)C1. The van der Waals surface area contributed by atoms with Crippen molar-refractivity contribution in [2.45, 2.75) is 25.3 Å². The molecule has 1 aliphatic rings. The molecular weight excluding hydrogens is 208 g/mol. The van der Waals surface area contributed by atoms with E-state index in [1.807, 2.05) is 0 Å². The summed E-state index contributed by atoms with van der Waals surface area (Å²) in [4.78, 5) is 22.5. The molecule has 0 saturated heterocycles. The molecule has 1 aromatic rings. The minimum atomic E-state index is -0.291. The van der Waals surface area contributed by atoms with E-state index in [1.54, 1.807) is 0 Å². The Bertz CT molecular complexity index is 422. The normalized spacial score (nSPS) is 24.3. The maximum atomic E-state index is 11.7. The molecule has 1 amide bonds. The van der Waals surface area contributed by atoms with Crippen LogP contribution in [0.1, 0.15) is 19.3 Å². The van der Waals surface area contributed by atoms with Crippen LogP contribution in [0.15, 0.2) is 16.9 Å². The van der Waals surface area contributed by atoms with E-state index in [0.29, 0.717) is 5.82 Å². The van der Waals surface area contributed by atoms with Gasteiger partial charge in [-0.1, -0.05) is 0 Å². The van der Waals surface area contributed by atoms with Crippen LogP contribution in [0.2, 0.25) is 0 Å². The highest BCUT2D eigenvalue weighted by atomic mass is 16.2. The van der Waals surface area contributed by atoms with Crippen molar-refractivity contribution in [1.82, 2.24) is 10.2 Å². The molecule has 1 aliphatic carbocycles. The van der Waals surface area contributed by atoms with Gasteiger partial charge in [-0.3, -0.25) is 9.59 Å². The lowest BCUT2D eigenvalue weighted by Gasteiger charge is -2.09. The van der Waals surface area contributed by atoms with Crippen LogP contribution in [0, 0.1) is 5.92 Å². The van der Waals surface area contributed by atoms with Gasteiger partial charge in [-0.25, -0.2) is 5.10 Å². The number of nitrogens with two attached hydrogens (primary N) is 1. The number of aromatic amines is 1. The summed E-state index contributed by atoms with van der Waals surface area (Å²) in [6.07, 6.45) is 2.42. The number of rotatable bonds is 2. The lowest BCUT2D eigenvalue weighted by atomic mass is 10.1. The molecule has 0 radical (unpaired) electrons. The van der Waals surface area contributed by atoms with Gasteiger partial charge in [-0.2, -0.15) is 5.10 Å². The Morgan fingerprint density at radius 1 is 1.50 bits per heavy atom. The third-order valence-corrected chi connectivity index (χ3v) is 2.77. The Morgan fingerprint density at radius 3 is 2.88 bits per heavy atom. The molecule has 2 unspecified atom stereocenters. The van der Waals surface area contributed by atoms with Crippen LogP contribution >= 0.6 is 0 Å². The van der Waals surface area contributed by atoms with Crippen molar-refractivity contribution in [2.24, 2.45) is 11.7 Å². The first-order chi connectivity index (χ1) is 7.65. The summed E-state index contributed by atoms with van der Waals surface area (Å²) < 4.78 is 0. The summed E-state index contributed by atoms with van der Waals surface area (Å²) in [5.74, 6) is 0.251. The lowest BCUT2D eigenvalue weighted by Crippen LogP contribution is -2.24. The molecule has 1 saturated carbocycles. The second-order valence-corrected chi connectivity index (χ2v) is 4.07. The number of hydrogen-bond donors (Lipinski definition) is 3. The zero-order chi connectivity index (χ0) is 11.5. The summed E-state index contributed by atoms with van der Waals surface area (Å²) in [6, 6.07) is 2.92. The summed E-state index contributed by atoms with van der Waals surface area (Å²) >= 11 is 0. The number of carbonyl (C=O) groups excluding carboxylic acids is 1. The van der Waals surface area contributed by atoms with Crippen molar-refractivity contribution in [3.05, 3.63) is 22.5 Å². The van der Waals surface area contributed by atoms with Gasteiger partial charge in [0.05, 0.1) is 0 Å². The zero-order valence-corrected chi connectivity index (χ0v) is 8.77. The van der Waals surface area contributed by atoms with Crippen LogP contribution in [-0.4, -0.2) is 22.1 Å². The first-order valence-corrected chi connectivity index (χ1v) is 5.27. The van der Waals surface area contributed by atoms with Crippen LogP contribution < -0.4 is 16.6 Å². The van der Waals surface area contributed by atoms with Crippen molar-refractivity contribution >= 4 is 11.7 Å². The first kappa shape index (κ1) is 10.8. The van der Waals surface area contributed by atoms with Gasteiger partial charge >= 0.3 is 0 Å². The number of H-pyrrole nitrogens is 1. The summed E-state index contributed by atoms with van der Waals surface area (Å²) in [5, 5.41) is 8.62. The molecule has 0 spiro atoms. The topological polar surface area (TPSA) is 101 Å². The van der Waals surface area contributed by atoms with Crippen molar-refractivity contribution in [3.8, 4) is 0 Å². The standard InChI is InChI=1S/C10H14N4O2/c11-7-2-1-6(5-7)10(16)12-8-3-4-9(15)14-13-8/h3-4,6-7H,1-2,5,11H2,(H,14,15)(H,12,13,16). The smallest absolute Gasteiger partial charge is 0.264 e. The molecule has 1 fully saturated rings. The second kappa shape index (κ2) is 4.44. The van der Waals surface area contributed by atoms with Gasteiger partial charge in [0, 0.05) is 18.0 Å². The fraction of sp³-hybridized carbons (Fsp3) is 0.500. The molecule has 2 atom stereocenters. The van der Waals surface area contributed by atoms with E-state index in [1.165, 1.54) is 12.1 Å². The molecule has 0 aromatic carbocycles. The zero-order valence-electron chi connectivity index (χ0n) is 8.77. The number of aromatic nitrogens is 2. The van der Waals surface area contributed by atoms with E-state index in [2.05, 4.69) is 15.5 Å². The van der Waals surface area contributed by atoms with Crippen LogP contribution in [0.5, 0.6) is 0 Å². The van der Waals surface area contributed by atoms with E-state index < -0.39 is 0 Å². The molecule has 2 rings (SSSR count). The summed E-state index contributed by atoms with van der Waals surface area (Å²) in [6.45, 7) is 0. The van der Waals surface area contributed by atoms with E-state index in [4.69, 9.17) is 5.73 Å². The maximum absolute atomic E-state index is 11.7. The van der Waals surface area contributed by atoms with Crippen LogP contribution in [0.25, 0.3) is 0 Å². The van der Waals surface area contributed by atoms with Crippen LogP contribution in [0.3, 0.4) is 0 Å². The largest absolute Gasteiger partial charge is 0.328 e. The van der Waals surface area contributed by atoms with Gasteiger partial charge < -0.3 is 11.1 Å². The van der Waals surface area contributed by atoms with E-state index >= 15 is 0 Å². The Kier molecular flexibility index (Phi) is 3.00. The molecule has 1 heterocycles. The first-order valence-electron chi connectivity index (χ1n) is 5.27. The highest BCUT2D eigenvalue weighted by molar-refractivity contribution is 5.91. The summed E-state index contributed by atoms with van der Waals surface area (Å²) in [7, 11) is 0. The Balaban J connectivity index is 1.97. The lowest BCUT2D eigenvalue weighted by molar-refractivity contribution is -0.119. The number of amides is 1. The van der Waals surface area contributed by atoms with Crippen molar-refractivity contribution in [2.75, 3.05) is 5.32 Å². The summed E-state index contributed by atoms with van der Waals surface area (Å²) in [5.41, 5.74) is 5.44. The third-order valence-electron chi connectivity index (χ3n) is 2.77. The molecule has 86 valence electrons. The molecule has 4 N–H and O–H groups in total. The quantitative estimate of drug-likeness (QED) is 0.647. The molecule has 0 aliphatic heterocycles. The third kappa shape index (κ3) is 2.46. The molecule has 6 heteroatoms. The van der Waals surface area contributed by atoms with Gasteiger partial charge in [0.15, 0.2) is 5.82 Å². The number of anilines is 1. The van der Waals surface area contributed by atoms with Crippen molar-refractivity contribution in [3.63, 3.8) is 0 Å². The van der Waals surface area contributed by atoms with Crippen LogP contribution in [0.4, 0.5) is 5.82 Å². The Labute approximate surface area is 92.2 Å². The predicted octanol–water partition coefficient (Wildman–Crippen LogP) is -0.164. The van der Waals surface area contributed by atoms with E-state index in [9.17, 15) is 9.59 Å². The number of carbonyl (C=O) groups is 1. The average Bonchev–Trinajstić information content (AvgIpc) is 2.68. The maximum Gasteiger partial charge on any atom is 0.264 e. The average molecular weight is 222 g/mol. The fourth-order valence-corrected chi connectivity index (χ4v) is 1.90. The minimum Gasteiger partial charge on any atom is -0.328 e. The van der Waals surface area contributed by atoms with Gasteiger partial charge in [0.2, 0.25) is 5.91 Å². The predicted molar refractivity (Wildman–Crippen MR) is 58.8 cm³/mol. The van der Waals surface area contributed by atoms with E-state index in [-0.39, 0.29) is 23.4 Å². The van der Waals surface area contributed by atoms with E-state index in [0.717, 1.165) is 19.3 Å². The Morgan fingerprint density at radius 2 is 2.31 bits per heavy atom. The van der Waals surface area contributed by atoms with Gasteiger partial charge in [-0.05, 0) is 25.3 Å². The molecule has 1 aromatic heterocycles. The highest BCUT2D eigenvalue weighted by Crippen LogP contribution is 2.24. The fourth-order valence-electron chi connectivity index (χ4n) is 1.90. The van der Waals surface area contributed by atoms with Gasteiger partial charge in [0.25, 0.3) is 5.56 Å². The highest BCUT2D eigenvalue weighted by Gasteiger charge is 2.27. The van der Waals surface area contributed by atoms with Crippen molar-refractivity contribution in [1.29, 1.82) is 0 Å². The van der Waals surface area contributed by atoms with Crippen LogP contribution in [-0.2, 0) is 4.79 Å². The molecule has 6 nitrogen and oxygen atoms in total. The van der Waals surface area contributed by atoms with Gasteiger partial charge in [0.1, 0.15) is 0 Å². The van der Waals surface area contributed by atoms with Gasteiger partial charge in [-0.15, -0.1) is 0 Å². The number of nitrogens with one attached hydrogen (secondary N) is 2. The molecule has 0 bridgehead atoms.